The Bertz CT molecular complexity index is 1250. The second kappa shape index (κ2) is 14.3. The fourth-order valence-electron chi connectivity index (χ4n) is 4.10. The molecule has 0 aliphatic heterocycles. The van der Waals surface area contributed by atoms with Gasteiger partial charge in [0, 0.05) is 19.5 Å². The van der Waals surface area contributed by atoms with Gasteiger partial charge >= 0.3 is 17.9 Å². The van der Waals surface area contributed by atoms with Gasteiger partial charge < -0.3 is 34.6 Å². The molecule has 3 aromatic rings. The molecule has 4 N–H and O–H groups in total. The van der Waals surface area contributed by atoms with Gasteiger partial charge in [-0.1, -0.05) is 32.0 Å². The van der Waals surface area contributed by atoms with Gasteiger partial charge in [-0.05, 0) is 55.4 Å². The van der Waals surface area contributed by atoms with E-state index in [1.54, 1.807) is 7.11 Å². The van der Waals surface area contributed by atoms with E-state index in [1.165, 1.54) is 16.6 Å². The maximum absolute atomic E-state index is 10.3. The number of hydrogen-bond donors (Lipinski definition) is 4. The van der Waals surface area contributed by atoms with Crippen LogP contribution in [0.15, 0.2) is 42.5 Å². The summed E-state index contributed by atoms with van der Waals surface area (Å²) in [6.45, 7) is 10.7. The van der Waals surface area contributed by atoms with Crippen LogP contribution in [0.2, 0.25) is 0 Å². The molecule has 3 rings (SSSR count). The zero-order valence-corrected chi connectivity index (χ0v) is 22.8. The molecular weight excluding hydrogens is 506 g/mol. The first-order valence-corrected chi connectivity index (χ1v) is 12.6. The number of likely N-dealkylation sites (N-methyl/N-ethyl adjacent to an activating group) is 1. The molecule has 11 heteroatoms. The van der Waals surface area contributed by atoms with Gasteiger partial charge in [0.1, 0.15) is 11.6 Å². The van der Waals surface area contributed by atoms with E-state index in [4.69, 9.17) is 30.1 Å². The highest BCUT2D eigenvalue weighted by Crippen LogP contribution is 2.21. The molecule has 0 amide bonds. The van der Waals surface area contributed by atoms with Crippen molar-refractivity contribution in [3.63, 3.8) is 0 Å². The molecule has 0 unspecified atom stereocenters. The Kier molecular flexibility index (Phi) is 11.4. The second-order valence-corrected chi connectivity index (χ2v) is 9.20. The van der Waals surface area contributed by atoms with Crippen molar-refractivity contribution in [2.75, 3.05) is 26.7 Å². The van der Waals surface area contributed by atoms with Gasteiger partial charge in [-0.3, -0.25) is 9.59 Å². The summed E-state index contributed by atoms with van der Waals surface area (Å²) in [5.74, 6) is -3.00. The van der Waals surface area contributed by atoms with Crippen LogP contribution in [0.4, 0.5) is 0 Å². The van der Waals surface area contributed by atoms with Gasteiger partial charge in [0.2, 0.25) is 0 Å². The molecule has 0 aliphatic rings. The van der Waals surface area contributed by atoms with E-state index in [9.17, 15) is 14.4 Å². The van der Waals surface area contributed by atoms with Crippen molar-refractivity contribution in [2.24, 2.45) is 0 Å². The van der Waals surface area contributed by atoms with E-state index in [0.29, 0.717) is 0 Å². The van der Waals surface area contributed by atoms with Crippen LogP contribution in [-0.4, -0.2) is 85.1 Å². The predicted octanol–water partition coefficient (Wildman–Crippen LogP) is 3.04. The molecule has 11 nitrogen and oxygen atoms in total. The molecule has 1 heterocycles. The lowest BCUT2D eigenvalue weighted by molar-refractivity contribution is -0.170. The zero-order valence-electron chi connectivity index (χ0n) is 22.8. The monoisotopic (exact) mass is 543 g/mol. The van der Waals surface area contributed by atoms with Crippen LogP contribution in [0.1, 0.15) is 43.6 Å². The molecular formula is C28H37N3O8. The lowest BCUT2D eigenvalue weighted by atomic mass is 9.96. The lowest BCUT2D eigenvalue weighted by Crippen LogP contribution is -2.42. The number of carboxylic acids is 3. The number of carboxylic acid groups (broad SMARTS) is 3. The Balaban J connectivity index is 0.000000349. The van der Waals surface area contributed by atoms with Crippen molar-refractivity contribution in [2.45, 2.75) is 52.2 Å². The van der Waals surface area contributed by atoms with Crippen LogP contribution >= 0.6 is 0 Å². The molecule has 0 fully saturated rings. The molecule has 0 saturated carbocycles. The van der Waals surface area contributed by atoms with E-state index < -0.39 is 36.4 Å². The van der Waals surface area contributed by atoms with Gasteiger partial charge in [0.15, 0.2) is 5.60 Å². The van der Waals surface area contributed by atoms with Gasteiger partial charge in [-0.25, -0.2) is 9.78 Å². The topological polar surface area (TPSA) is 162 Å². The highest BCUT2D eigenvalue weighted by atomic mass is 16.5. The summed E-state index contributed by atoms with van der Waals surface area (Å²) in [6.07, 6.45) is -1.46. The predicted molar refractivity (Wildman–Crippen MR) is 145 cm³/mol. The standard InChI is InChI=1S/C22H29N3O.C6H8O7/c1-5-24(6-2)13-14-25-21-12-7-17(3)15-20(21)23-22(25)16-18-8-10-19(26-4)11-9-18;7-3(8)1-6(13,5(11)12)2-4(9)10/h7-12,15H,5-6,13-14,16H2,1-4H3;13H,1-2H2,(H,7,8)(H,9,10)(H,11,12). The highest BCUT2D eigenvalue weighted by Gasteiger charge is 2.40. The van der Waals surface area contributed by atoms with Crippen LogP contribution in [0.5, 0.6) is 5.75 Å². The molecule has 0 spiro atoms. The summed E-state index contributed by atoms with van der Waals surface area (Å²) >= 11 is 0. The Morgan fingerprint density at radius 3 is 2.05 bits per heavy atom. The highest BCUT2D eigenvalue weighted by molar-refractivity contribution is 5.88. The van der Waals surface area contributed by atoms with E-state index >= 15 is 0 Å². The van der Waals surface area contributed by atoms with Crippen molar-refractivity contribution >= 4 is 28.9 Å². The summed E-state index contributed by atoms with van der Waals surface area (Å²) in [4.78, 5) is 37.9. The maximum Gasteiger partial charge on any atom is 0.336 e. The van der Waals surface area contributed by atoms with Gasteiger partial charge in [-0.15, -0.1) is 0 Å². The summed E-state index contributed by atoms with van der Waals surface area (Å²) in [7, 11) is 1.70. The van der Waals surface area contributed by atoms with Gasteiger partial charge in [0.25, 0.3) is 0 Å². The summed E-state index contributed by atoms with van der Waals surface area (Å²) in [5.41, 5.74) is 2.08. The Morgan fingerprint density at radius 2 is 1.56 bits per heavy atom. The van der Waals surface area contributed by atoms with E-state index in [1.807, 2.05) is 12.1 Å². The van der Waals surface area contributed by atoms with Crippen molar-refractivity contribution in [1.29, 1.82) is 0 Å². The van der Waals surface area contributed by atoms with Crippen LogP contribution in [0.3, 0.4) is 0 Å². The minimum Gasteiger partial charge on any atom is -0.497 e. The van der Waals surface area contributed by atoms with Crippen LogP contribution in [-0.2, 0) is 27.3 Å². The minimum atomic E-state index is -2.74. The number of aliphatic hydroxyl groups is 1. The molecule has 39 heavy (non-hydrogen) atoms. The molecule has 0 aliphatic carbocycles. The Hall–Kier alpha value is -3.96. The van der Waals surface area contributed by atoms with Gasteiger partial charge in [0.05, 0.1) is 31.0 Å². The smallest absolute Gasteiger partial charge is 0.336 e. The molecule has 1 aromatic heterocycles. The first kappa shape index (κ1) is 31.3. The Labute approximate surface area is 227 Å². The fraction of sp³-hybridized carbons (Fsp3) is 0.429. The average Bonchev–Trinajstić information content (AvgIpc) is 3.20. The molecule has 0 saturated heterocycles. The van der Waals surface area contributed by atoms with E-state index in [0.717, 1.165) is 49.7 Å². The van der Waals surface area contributed by atoms with Gasteiger partial charge in [-0.2, -0.15) is 0 Å². The summed E-state index contributed by atoms with van der Waals surface area (Å²) < 4.78 is 7.65. The Morgan fingerprint density at radius 1 is 0.974 bits per heavy atom. The lowest BCUT2D eigenvalue weighted by Gasteiger charge is -2.19. The maximum atomic E-state index is 10.3. The quantitative estimate of drug-likeness (QED) is 0.252. The third kappa shape index (κ3) is 9.08. The molecule has 0 bridgehead atoms. The number of rotatable bonds is 13. The summed E-state index contributed by atoms with van der Waals surface area (Å²) in [5, 5.41) is 33.8. The number of hydrogen-bond acceptors (Lipinski definition) is 7. The molecule has 2 aromatic carbocycles. The van der Waals surface area contributed by atoms with Crippen molar-refractivity contribution < 1.29 is 39.5 Å². The van der Waals surface area contributed by atoms with Crippen LogP contribution in [0, 0.1) is 6.92 Å². The molecule has 0 radical (unpaired) electrons. The average molecular weight is 544 g/mol. The van der Waals surface area contributed by atoms with E-state index in [-0.39, 0.29) is 0 Å². The number of imidazole rings is 1. The third-order valence-corrected chi connectivity index (χ3v) is 6.32. The largest absolute Gasteiger partial charge is 0.497 e. The normalized spacial score (nSPS) is 11.2. The number of methoxy groups -OCH3 is 1. The third-order valence-electron chi connectivity index (χ3n) is 6.32. The zero-order chi connectivity index (χ0) is 29.2. The number of ether oxygens (including phenoxy) is 1. The molecule has 212 valence electrons. The number of aryl methyl sites for hydroxylation is 1. The number of aromatic nitrogens is 2. The first-order chi connectivity index (χ1) is 18.4. The van der Waals surface area contributed by atoms with Crippen molar-refractivity contribution in [3.05, 3.63) is 59.4 Å². The fourth-order valence-corrected chi connectivity index (χ4v) is 4.10. The van der Waals surface area contributed by atoms with E-state index in [2.05, 4.69) is 60.6 Å². The van der Waals surface area contributed by atoms with Crippen LogP contribution < -0.4 is 4.74 Å². The number of carbonyl (C=O) groups is 3. The first-order valence-electron chi connectivity index (χ1n) is 12.6. The van der Waals surface area contributed by atoms with Crippen LogP contribution in [0.25, 0.3) is 11.0 Å². The number of benzene rings is 2. The number of nitrogens with zero attached hydrogens (tertiary/aromatic N) is 3. The number of aliphatic carboxylic acids is 3. The minimum absolute atomic E-state index is 0.829. The second-order valence-electron chi connectivity index (χ2n) is 9.20. The summed E-state index contributed by atoms with van der Waals surface area (Å²) in [6, 6.07) is 14.8. The van der Waals surface area contributed by atoms with Crippen molar-refractivity contribution in [1.82, 2.24) is 14.5 Å². The van der Waals surface area contributed by atoms with Crippen molar-refractivity contribution in [3.8, 4) is 5.75 Å². The SMILES string of the molecule is CCN(CC)CCn1c(Cc2ccc(OC)cc2)nc2cc(C)ccc21.O=C(O)CC(O)(CC(=O)O)C(=O)O. The number of fused-ring (bicyclic) bond motifs is 1. The molecule has 0 atom stereocenters.